The maximum Gasteiger partial charge on any atom is 0.211 e. The number of aromatic hydroxyl groups is 1. The summed E-state index contributed by atoms with van der Waals surface area (Å²) in [6.07, 6.45) is 0. The van der Waals surface area contributed by atoms with Gasteiger partial charge in [-0.05, 0) is 0 Å². The van der Waals surface area contributed by atoms with E-state index in [9.17, 15) is 14.7 Å². The first-order chi connectivity index (χ1) is 8.61. The Hall–Kier alpha value is -2.14. The van der Waals surface area contributed by atoms with E-state index in [2.05, 4.69) is 0 Å². The van der Waals surface area contributed by atoms with Crippen molar-refractivity contribution in [3.63, 3.8) is 0 Å². The molecule has 90 valence electrons. The lowest BCUT2D eigenvalue weighted by Crippen LogP contribution is -2.18. The average Bonchev–Trinajstić information content (AvgIpc) is 2.39. The number of hydrogen-bond acceptors (Lipinski definition) is 4. The molecule has 0 saturated heterocycles. The van der Waals surface area contributed by atoms with Crippen LogP contribution in [0.5, 0.6) is 5.88 Å². The molecule has 0 atom stereocenters. The van der Waals surface area contributed by atoms with Gasteiger partial charge in [-0.15, -0.1) is 11.3 Å². The van der Waals surface area contributed by atoms with Crippen LogP contribution in [0.4, 0.5) is 0 Å². The van der Waals surface area contributed by atoms with Gasteiger partial charge >= 0.3 is 0 Å². The highest BCUT2D eigenvalue weighted by Gasteiger charge is 2.10. The van der Waals surface area contributed by atoms with Crippen LogP contribution in [-0.4, -0.2) is 9.67 Å². The first-order valence-electron chi connectivity index (χ1n) is 5.33. The third-order valence-corrected chi connectivity index (χ3v) is 3.96. The van der Waals surface area contributed by atoms with Crippen LogP contribution in [0.25, 0.3) is 10.8 Å². The fourth-order valence-electron chi connectivity index (χ4n) is 2.06. The van der Waals surface area contributed by atoms with Gasteiger partial charge in [-0.3, -0.25) is 9.59 Å². The number of benzene rings is 1. The average molecular weight is 259 g/mol. The number of nitrogens with zero attached hydrogens (tertiary/aromatic N) is 1. The number of hydrogen-bond donors (Lipinski definition) is 1. The molecule has 4 nitrogen and oxygen atoms in total. The van der Waals surface area contributed by atoms with Crippen molar-refractivity contribution >= 4 is 22.1 Å². The van der Waals surface area contributed by atoms with E-state index in [1.165, 1.54) is 9.95 Å². The summed E-state index contributed by atoms with van der Waals surface area (Å²) in [6.45, 7) is 0. The van der Waals surface area contributed by atoms with Gasteiger partial charge in [0.2, 0.25) is 16.7 Å². The van der Waals surface area contributed by atoms with E-state index >= 15 is 0 Å². The minimum atomic E-state index is -0.227. The zero-order chi connectivity index (χ0) is 12.9. The monoisotopic (exact) mass is 259 g/mol. The van der Waals surface area contributed by atoms with Crippen molar-refractivity contribution < 1.29 is 5.11 Å². The summed E-state index contributed by atoms with van der Waals surface area (Å²) >= 11 is 1.09. The van der Waals surface area contributed by atoms with Crippen molar-refractivity contribution in [2.75, 3.05) is 0 Å². The minimum Gasteiger partial charge on any atom is -0.494 e. The summed E-state index contributed by atoms with van der Waals surface area (Å²) in [5.41, 5.74) is -0.393. The van der Waals surface area contributed by atoms with Crippen molar-refractivity contribution in [3.8, 4) is 5.88 Å². The van der Waals surface area contributed by atoms with Gasteiger partial charge in [-0.2, -0.15) is 0 Å². The summed E-state index contributed by atoms with van der Waals surface area (Å²) in [6, 6.07) is 6.74. The molecule has 2 aliphatic rings. The Labute approximate surface area is 105 Å². The van der Waals surface area contributed by atoms with Gasteiger partial charge in [0.05, 0.1) is 5.38 Å². The van der Waals surface area contributed by atoms with E-state index in [-0.39, 0.29) is 22.1 Å². The lowest BCUT2D eigenvalue weighted by atomic mass is 10.1. The van der Waals surface area contributed by atoms with E-state index in [0.717, 1.165) is 11.3 Å². The molecule has 0 spiro atoms. The fourth-order valence-corrected chi connectivity index (χ4v) is 3.00. The van der Waals surface area contributed by atoms with E-state index in [4.69, 9.17) is 0 Å². The van der Waals surface area contributed by atoms with Gasteiger partial charge in [0.25, 0.3) is 0 Å². The molecule has 1 aliphatic heterocycles. The Morgan fingerprint density at radius 2 is 1.72 bits per heavy atom. The highest BCUT2D eigenvalue weighted by atomic mass is 32.1. The lowest BCUT2D eigenvalue weighted by Gasteiger charge is -2.04. The normalized spacial score (nSPS) is 11.2. The second-order valence-electron chi connectivity index (χ2n) is 4.03. The van der Waals surface area contributed by atoms with Crippen LogP contribution in [0, 0.1) is 9.88 Å². The third-order valence-electron chi connectivity index (χ3n) is 3.01. The van der Waals surface area contributed by atoms with Crippen molar-refractivity contribution in [1.29, 1.82) is 0 Å². The Kier molecular flexibility index (Phi) is 2.24. The topological polar surface area (TPSA) is 59.3 Å². The molecule has 1 heterocycles. The summed E-state index contributed by atoms with van der Waals surface area (Å²) in [4.78, 5) is 24.6. The maximum absolute atomic E-state index is 12.3. The molecule has 18 heavy (non-hydrogen) atoms. The fraction of sp³-hybridized carbons (Fsp3) is 0.0769. The molecule has 3 rings (SSSR count). The van der Waals surface area contributed by atoms with Crippen molar-refractivity contribution in [2.45, 2.75) is 0 Å². The Morgan fingerprint density at radius 1 is 1.11 bits per heavy atom. The quantitative estimate of drug-likeness (QED) is 0.663. The number of fused-ring (bicyclic) bond motifs is 1. The molecule has 0 radical (unpaired) electrons. The van der Waals surface area contributed by atoms with Gasteiger partial charge in [0, 0.05) is 17.8 Å². The molecular formula is C13H9NO3S. The second-order valence-corrected chi connectivity index (χ2v) is 4.91. The van der Waals surface area contributed by atoms with Crippen LogP contribution in [-0.2, 0) is 7.05 Å². The molecule has 0 saturated carbocycles. The van der Waals surface area contributed by atoms with Crippen molar-refractivity contribution in [1.82, 2.24) is 4.57 Å². The van der Waals surface area contributed by atoms with E-state index in [1.54, 1.807) is 31.3 Å². The van der Waals surface area contributed by atoms with Gasteiger partial charge in [0.15, 0.2) is 0 Å². The van der Waals surface area contributed by atoms with Crippen LogP contribution in [0.3, 0.4) is 0 Å². The summed E-state index contributed by atoms with van der Waals surface area (Å²) in [5, 5.41) is 12.2. The standard InChI is InChI=1S/C13H9NO3S/c1-14-9(15)6-18-13-10(14)11(16)7-4-2-3-5-8(7)12(13)17/h2-6,15H,1H3. The molecule has 0 amide bonds. The molecule has 1 aromatic carbocycles. The van der Waals surface area contributed by atoms with Crippen LogP contribution in [0.1, 0.15) is 0 Å². The predicted molar refractivity (Wildman–Crippen MR) is 70.3 cm³/mol. The van der Waals surface area contributed by atoms with Gasteiger partial charge < -0.3 is 9.67 Å². The highest BCUT2D eigenvalue weighted by molar-refractivity contribution is 7.07. The second kappa shape index (κ2) is 3.68. The minimum absolute atomic E-state index is 0.0284. The zero-order valence-electron chi connectivity index (χ0n) is 9.51. The largest absolute Gasteiger partial charge is 0.494 e. The number of rotatable bonds is 0. The molecule has 1 N–H and O–H groups in total. The SMILES string of the molecule is Cn1c(O)csc2c(=O)c3ccccc3c(=O)c1=2. The predicted octanol–water partition coefficient (Wildman–Crippen LogP) is 1.39. The van der Waals surface area contributed by atoms with Crippen molar-refractivity contribution in [2.24, 2.45) is 7.05 Å². The Morgan fingerprint density at radius 3 is 2.39 bits per heavy atom. The van der Waals surface area contributed by atoms with Gasteiger partial charge in [-0.1, -0.05) is 24.3 Å². The van der Waals surface area contributed by atoms with Crippen LogP contribution in [0.15, 0.2) is 39.2 Å². The molecule has 0 unspecified atom stereocenters. The lowest BCUT2D eigenvalue weighted by molar-refractivity contribution is 0.426. The molecule has 0 bridgehead atoms. The Balaban J connectivity index is 2.86. The Bertz CT molecular complexity index is 939. The van der Waals surface area contributed by atoms with Crippen LogP contribution in [0.2, 0.25) is 0 Å². The number of aromatic nitrogens is 1. The maximum atomic E-state index is 12.3. The van der Waals surface area contributed by atoms with Crippen LogP contribution >= 0.6 is 11.3 Å². The van der Waals surface area contributed by atoms with Gasteiger partial charge in [0.1, 0.15) is 9.88 Å². The summed E-state index contributed by atoms with van der Waals surface area (Å²) in [7, 11) is 1.57. The first kappa shape index (κ1) is 11.0. The smallest absolute Gasteiger partial charge is 0.211 e. The van der Waals surface area contributed by atoms with Gasteiger partial charge in [-0.25, -0.2) is 0 Å². The van der Waals surface area contributed by atoms with E-state index in [1.807, 2.05) is 0 Å². The summed E-state index contributed by atoms with van der Waals surface area (Å²) in [5.74, 6) is -0.0284. The molecule has 1 aromatic rings. The third kappa shape index (κ3) is 1.31. The molecule has 0 fully saturated rings. The highest BCUT2D eigenvalue weighted by Crippen LogP contribution is 2.13. The molecule has 0 aromatic heterocycles. The summed E-state index contributed by atoms with van der Waals surface area (Å²) < 4.78 is 1.72. The van der Waals surface area contributed by atoms with Crippen LogP contribution < -0.4 is 10.9 Å². The first-order valence-corrected chi connectivity index (χ1v) is 6.21. The molecular weight excluding hydrogens is 250 g/mol. The van der Waals surface area contributed by atoms with Crippen molar-refractivity contribution in [3.05, 3.63) is 60.0 Å². The molecule has 1 aliphatic carbocycles. The molecule has 5 heteroatoms. The van der Waals surface area contributed by atoms with E-state index in [0.29, 0.717) is 15.3 Å². The zero-order valence-corrected chi connectivity index (χ0v) is 10.3. The van der Waals surface area contributed by atoms with E-state index < -0.39 is 0 Å².